The molecule has 0 atom stereocenters. The average Bonchev–Trinajstić information content (AvgIpc) is 3.53. The van der Waals surface area contributed by atoms with Gasteiger partial charge in [0.05, 0.1) is 32.5 Å². The summed E-state index contributed by atoms with van der Waals surface area (Å²) in [5, 5.41) is 10.00. The minimum absolute atomic E-state index is 0. The summed E-state index contributed by atoms with van der Waals surface area (Å²) in [7, 11) is 5.02. The van der Waals surface area contributed by atoms with Gasteiger partial charge in [-0.2, -0.15) is 0 Å². The quantitative estimate of drug-likeness (QED) is 0.102. The first kappa shape index (κ1) is 52.4. The molecule has 0 spiro atoms. The zero-order valence-corrected chi connectivity index (χ0v) is 43.5. The van der Waals surface area contributed by atoms with Crippen molar-refractivity contribution in [3.8, 4) is 17.2 Å². The number of hydrogen-bond donors (Lipinski definition) is 1. The van der Waals surface area contributed by atoms with E-state index in [1.165, 1.54) is 50.9 Å². The second kappa shape index (κ2) is 26.7. The smallest absolute Gasteiger partial charge is 0.261 e. The number of aryl methyl sites for hydroxylation is 1. The fourth-order valence-electron chi connectivity index (χ4n) is 7.30. The molecule has 0 bridgehead atoms. The number of benzene rings is 7. The van der Waals surface area contributed by atoms with Crippen molar-refractivity contribution < 1.29 is 47.1 Å². The molecule has 3 amide bonds. The summed E-state index contributed by atoms with van der Waals surface area (Å²) >= 11 is 4.24. The molecule has 62 heavy (non-hydrogen) atoms. The van der Waals surface area contributed by atoms with Gasteiger partial charge in [-0.1, -0.05) is 98.3 Å². The van der Waals surface area contributed by atoms with E-state index in [9.17, 15) is 14.4 Å². The van der Waals surface area contributed by atoms with Crippen molar-refractivity contribution in [2.24, 2.45) is 0 Å². The number of nitrogens with one attached hydrogen (secondary N) is 1. The van der Waals surface area contributed by atoms with Crippen molar-refractivity contribution in [1.29, 1.82) is 0 Å². The topological polar surface area (TPSA) is 94.2 Å². The second-order valence-electron chi connectivity index (χ2n) is 14.1. The molecule has 1 aliphatic heterocycles. The molecule has 8 nitrogen and oxygen atoms in total. The van der Waals surface area contributed by atoms with Crippen LogP contribution >= 0.6 is 61.2 Å². The van der Waals surface area contributed by atoms with Crippen LogP contribution in [-0.2, 0) is 42.6 Å². The number of carbonyl (C=O) groups excluding carboxylic acids is 3. The Hall–Kier alpha value is -3.90. The van der Waals surface area contributed by atoms with Crippen molar-refractivity contribution in [1.82, 2.24) is 10.2 Å². The fraction of sp³-hybridized carbons (Fsp3) is 0.220. The number of methoxy groups -OCH3 is 3. The monoisotopic (exact) mass is 1210 g/mol. The Bertz CT molecular complexity index is 2550. The van der Waals surface area contributed by atoms with Crippen LogP contribution in [0.15, 0.2) is 133 Å². The van der Waals surface area contributed by atoms with E-state index in [0.29, 0.717) is 30.6 Å². The van der Waals surface area contributed by atoms with E-state index < -0.39 is 0 Å². The van der Waals surface area contributed by atoms with Gasteiger partial charge in [0.15, 0.2) is 0 Å². The first-order valence-electron chi connectivity index (χ1n) is 19.8. The first-order valence-corrected chi connectivity index (χ1v) is 26.0. The van der Waals surface area contributed by atoms with Gasteiger partial charge in [-0.3, -0.25) is 19.3 Å². The van der Waals surface area contributed by atoms with Crippen molar-refractivity contribution in [2.75, 3.05) is 34.4 Å². The van der Waals surface area contributed by atoms with Crippen LogP contribution in [0.4, 0.5) is 0 Å². The van der Waals surface area contributed by atoms with Gasteiger partial charge in [-0.15, -0.1) is 24.0 Å². The molecule has 323 valence electrons. The Balaban J connectivity index is 0.000000247. The summed E-state index contributed by atoms with van der Waals surface area (Å²) in [4.78, 5) is 37.2. The van der Waals surface area contributed by atoms with Crippen molar-refractivity contribution in [3.63, 3.8) is 0 Å². The Morgan fingerprint density at radius 1 is 0.565 bits per heavy atom. The molecule has 7 aromatic rings. The van der Waals surface area contributed by atoms with Crippen LogP contribution in [0.5, 0.6) is 17.2 Å². The zero-order chi connectivity index (χ0) is 43.0. The number of amides is 3. The molecule has 1 heterocycles. The largest absolute Gasteiger partial charge is 0.497 e. The number of ether oxygens (including phenoxy) is 3. The molecular weight excluding hydrogens is 1160 g/mol. The van der Waals surface area contributed by atoms with Crippen LogP contribution in [0.1, 0.15) is 57.7 Å². The number of rotatable bonds is 11. The molecule has 1 aliphatic rings. The summed E-state index contributed by atoms with van der Waals surface area (Å²) < 4.78 is 15.8. The van der Waals surface area contributed by atoms with Gasteiger partial charge in [0.2, 0.25) is 5.91 Å². The summed E-state index contributed by atoms with van der Waals surface area (Å²) in [5.41, 5.74) is 4.71. The van der Waals surface area contributed by atoms with Crippen LogP contribution in [-0.4, -0.2) is 57.0 Å². The summed E-state index contributed by atoms with van der Waals surface area (Å²) in [6, 6.07) is 44.0. The summed E-state index contributed by atoms with van der Waals surface area (Å²) in [5.74, 6) is 2.17. The number of imide groups is 1. The predicted octanol–water partition coefficient (Wildman–Crippen LogP) is 12.4. The Morgan fingerprint density at radius 3 is 1.32 bits per heavy atom. The molecular formula is C50H51I3N2O6V. The number of halogens is 3. The molecule has 0 saturated carbocycles. The third-order valence-electron chi connectivity index (χ3n) is 10.3. The van der Waals surface area contributed by atoms with Crippen molar-refractivity contribution in [3.05, 3.63) is 161 Å². The number of fused-ring (bicyclic) bond motifs is 4. The van der Waals surface area contributed by atoms with Gasteiger partial charge >= 0.3 is 0 Å². The number of carbonyl (C=O) groups is 3. The minimum Gasteiger partial charge on any atom is -0.497 e. The molecule has 0 unspecified atom stereocenters. The average molecular weight is 1210 g/mol. The van der Waals surface area contributed by atoms with Crippen LogP contribution < -0.4 is 19.5 Å². The van der Waals surface area contributed by atoms with E-state index in [1.54, 1.807) is 45.6 Å². The second-order valence-corrected chi connectivity index (χ2v) is 14.1. The normalized spacial score (nSPS) is 11.0. The predicted molar refractivity (Wildman–Crippen MR) is 277 cm³/mol. The Kier molecular flexibility index (Phi) is 22.6. The molecule has 1 N–H and O–H groups in total. The van der Waals surface area contributed by atoms with Crippen LogP contribution in [0.2, 0.25) is 0 Å². The Morgan fingerprint density at radius 2 is 0.952 bits per heavy atom. The molecule has 0 aliphatic carbocycles. The van der Waals surface area contributed by atoms with Crippen LogP contribution in [0.3, 0.4) is 0 Å². The van der Waals surface area contributed by atoms with Gasteiger partial charge in [-0.05, 0) is 117 Å². The molecule has 12 heteroatoms. The third-order valence-corrected chi connectivity index (χ3v) is 10.3. The molecule has 7 aromatic carbocycles. The maximum Gasteiger partial charge on any atom is 0.261 e. The van der Waals surface area contributed by atoms with Crippen molar-refractivity contribution in [2.45, 2.75) is 39.5 Å². The van der Waals surface area contributed by atoms with E-state index in [2.05, 4.69) is 98.0 Å². The first-order chi connectivity index (χ1) is 29.2. The van der Waals surface area contributed by atoms with E-state index in [0.717, 1.165) is 46.4 Å². The SMILES string of the molecule is CCCc1cccc2ccc(OC)cc12.COc1ccc2cccc(CCN3C(=O)c4ccccc4C3=O)c2c1.COc1ccc2cccc(CCNC(C)=O)c2c1.I.II.[V]. The fourth-order valence-corrected chi connectivity index (χ4v) is 7.30. The van der Waals surface area contributed by atoms with Gasteiger partial charge in [-0.25, -0.2) is 0 Å². The van der Waals surface area contributed by atoms with Gasteiger partial charge < -0.3 is 19.5 Å². The van der Waals surface area contributed by atoms with E-state index in [1.807, 2.05) is 60.7 Å². The molecule has 8 rings (SSSR count). The van der Waals surface area contributed by atoms with E-state index in [-0.39, 0.29) is 60.3 Å². The van der Waals surface area contributed by atoms with Gasteiger partial charge in [0.25, 0.3) is 11.8 Å². The molecule has 0 fully saturated rings. The standard InChI is InChI=1S/C21H17NO3.C15H17NO2.C14H16O.I2.HI.V/c1-25-16-10-9-14-5-4-6-15(19(14)13-16)11-12-22-20(23)17-7-2-3-8-18(17)21(22)24;1-11(17)16-9-8-13-5-3-4-12-6-7-14(18-2)10-15(12)13;1-3-5-11-6-4-7-12-8-9-13(15-2)10-14(11)12;1-2;;/h2-10,13H,11-12H2,1H3;3-7,10H,8-9H2,1-2H3,(H,16,17);4,6-10H,3,5H2,1-2H3;;1H;. The minimum atomic E-state index is -0.210. The molecule has 0 aromatic heterocycles. The number of hydrogen-bond acceptors (Lipinski definition) is 6. The Labute approximate surface area is 417 Å². The van der Waals surface area contributed by atoms with Gasteiger partial charge in [0.1, 0.15) is 17.2 Å². The summed E-state index contributed by atoms with van der Waals surface area (Å²) in [6.45, 7) is 4.76. The van der Waals surface area contributed by atoms with Crippen LogP contribution in [0.25, 0.3) is 32.3 Å². The van der Waals surface area contributed by atoms with E-state index in [4.69, 9.17) is 14.2 Å². The van der Waals surface area contributed by atoms with Crippen molar-refractivity contribution >= 4 is 111 Å². The van der Waals surface area contributed by atoms with Crippen LogP contribution in [0, 0.1) is 0 Å². The van der Waals surface area contributed by atoms with E-state index >= 15 is 0 Å². The van der Waals surface area contributed by atoms with Gasteiger partial charge in [0, 0.05) is 75.8 Å². The summed E-state index contributed by atoms with van der Waals surface area (Å²) in [6.07, 6.45) is 3.74. The zero-order valence-electron chi connectivity index (χ0n) is 35.5. The third kappa shape index (κ3) is 13.6. The number of nitrogens with zero attached hydrogens (tertiary/aromatic N) is 1. The molecule has 0 saturated heterocycles. The maximum absolute atomic E-state index is 12.5. The molecule has 1 radical (unpaired) electrons. The maximum atomic E-state index is 12.5.